The van der Waals surface area contributed by atoms with Gasteiger partial charge in [0.05, 0.1) is 0 Å². The van der Waals surface area contributed by atoms with Crippen molar-refractivity contribution in [3.8, 4) is 0 Å². The summed E-state index contributed by atoms with van der Waals surface area (Å²) in [6, 6.07) is 22.5. The molecule has 0 atom stereocenters. The Morgan fingerprint density at radius 2 is 1.10 bits per heavy atom. The summed E-state index contributed by atoms with van der Waals surface area (Å²) in [5, 5.41) is 0. The molecular formula is C27H34N2. The fourth-order valence-corrected chi connectivity index (χ4v) is 4.09. The van der Waals surface area contributed by atoms with Crippen LogP contribution in [0.1, 0.15) is 40.3 Å². The average Bonchev–Trinajstić information content (AvgIpc) is 2.68. The summed E-state index contributed by atoms with van der Waals surface area (Å²) >= 11 is 0. The highest BCUT2D eigenvalue weighted by Gasteiger charge is 2.10. The lowest BCUT2D eigenvalue weighted by atomic mass is 10.1. The fraction of sp³-hybridized carbons (Fsp3) is 0.333. The highest BCUT2D eigenvalue weighted by Crippen LogP contribution is 2.24. The maximum absolute atomic E-state index is 2.45. The quantitative estimate of drug-likeness (QED) is 0.452. The number of rotatable bonds is 7. The average molecular weight is 387 g/mol. The normalized spacial score (nSPS) is 10.8. The van der Waals surface area contributed by atoms with Gasteiger partial charge in [0.1, 0.15) is 0 Å². The van der Waals surface area contributed by atoms with E-state index in [2.05, 4.69) is 112 Å². The number of benzene rings is 3. The zero-order valence-electron chi connectivity index (χ0n) is 18.8. The van der Waals surface area contributed by atoms with Gasteiger partial charge in [0, 0.05) is 38.1 Å². The highest BCUT2D eigenvalue weighted by atomic mass is 15.1. The van der Waals surface area contributed by atoms with Gasteiger partial charge in [-0.25, -0.2) is 0 Å². The Morgan fingerprint density at radius 3 is 1.59 bits per heavy atom. The first-order valence-corrected chi connectivity index (χ1v) is 10.6. The number of hydrogen-bond donors (Lipinski definition) is 0. The lowest BCUT2D eigenvalue weighted by molar-refractivity contribution is 0.826. The molecule has 0 N–H and O–H groups in total. The molecule has 0 unspecified atom stereocenters. The van der Waals surface area contributed by atoms with E-state index in [4.69, 9.17) is 0 Å². The first-order chi connectivity index (χ1) is 13.9. The molecule has 0 aromatic heterocycles. The molecule has 3 rings (SSSR count). The Bertz CT molecular complexity index is 957. The molecule has 0 saturated carbocycles. The second kappa shape index (κ2) is 9.17. The largest absolute Gasteiger partial charge is 0.370 e. The zero-order valence-corrected chi connectivity index (χ0v) is 18.8. The molecule has 152 valence electrons. The molecule has 3 aromatic rings. The van der Waals surface area contributed by atoms with E-state index in [1.165, 1.54) is 44.8 Å². The Balaban J connectivity index is 1.69. The van der Waals surface area contributed by atoms with Crippen LogP contribution >= 0.6 is 0 Å². The van der Waals surface area contributed by atoms with E-state index in [1.807, 2.05) is 0 Å². The summed E-state index contributed by atoms with van der Waals surface area (Å²) in [6.45, 7) is 13.8. The minimum absolute atomic E-state index is 0.915. The molecule has 3 aromatic carbocycles. The molecule has 2 nitrogen and oxygen atoms in total. The Hall–Kier alpha value is -2.74. The first-order valence-electron chi connectivity index (χ1n) is 10.6. The number of aryl methyl sites for hydroxylation is 4. The maximum atomic E-state index is 2.45. The Kier molecular flexibility index (Phi) is 6.64. The third kappa shape index (κ3) is 5.20. The SMILES string of the molecule is CCN(Cc1ccc(CN(C)c2ccc(C)cc2C)cc1)c1ccc(C)cc1C. The van der Waals surface area contributed by atoms with Crippen molar-refractivity contribution in [1.82, 2.24) is 0 Å². The van der Waals surface area contributed by atoms with Crippen molar-refractivity contribution in [1.29, 1.82) is 0 Å². The van der Waals surface area contributed by atoms with Crippen LogP contribution < -0.4 is 9.80 Å². The first kappa shape index (κ1) is 21.0. The number of hydrogen-bond acceptors (Lipinski definition) is 2. The highest BCUT2D eigenvalue weighted by molar-refractivity contribution is 5.55. The van der Waals surface area contributed by atoms with Crippen molar-refractivity contribution in [2.75, 3.05) is 23.4 Å². The van der Waals surface area contributed by atoms with Crippen LogP contribution in [0.15, 0.2) is 60.7 Å². The second-order valence-electron chi connectivity index (χ2n) is 8.27. The van der Waals surface area contributed by atoms with E-state index in [0.717, 1.165) is 19.6 Å². The summed E-state index contributed by atoms with van der Waals surface area (Å²) in [4.78, 5) is 4.78. The number of nitrogens with zero attached hydrogens (tertiary/aromatic N) is 2. The van der Waals surface area contributed by atoms with Gasteiger partial charge in [-0.1, -0.05) is 59.7 Å². The van der Waals surface area contributed by atoms with E-state index < -0.39 is 0 Å². The van der Waals surface area contributed by atoms with Gasteiger partial charge < -0.3 is 9.80 Å². The molecular weight excluding hydrogens is 352 g/mol. The predicted octanol–water partition coefficient (Wildman–Crippen LogP) is 6.58. The summed E-state index contributed by atoms with van der Waals surface area (Å²) in [5.41, 5.74) is 10.6. The minimum Gasteiger partial charge on any atom is -0.370 e. The lowest BCUT2D eigenvalue weighted by Crippen LogP contribution is -2.23. The van der Waals surface area contributed by atoms with Crippen molar-refractivity contribution in [3.05, 3.63) is 94.0 Å². The van der Waals surface area contributed by atoms with E-state index in [9.17, 15) is 0 Å². The lowest BCUT2D eigenvalue weighted by Gasteiger charge is -2.26. The van der Waals surface area contributed by atoms with Gasteiger partial charge in [-0.3, -0.25) is 0 Å². The van der Waals surface area contributed by atoms with Crippen LogP contribution in [0.5, 0.6) is 0 Å². The van der Waals surface area contributed by atoms with Crippen molar-refractivity contribution in [2.24, 2.45) is 0 Å². The Morgan fingerprint density at radius 1 is 0.621 bits per heavy atom. The third-order valence-electron chi connectivity index (χ3n) is 5.65. The van der Waals surface area contributed by atoms with Crippen LogP contribution in [-0.4, -0.2) is 13.6 Å². The maximum Gasteiger partial charge on any atom is 0.0429 e. The van der Waals surface area contributed by atoms with Crippen LogP contribution in [0, 0.1) is 27.7 Å². The standard InChI is InChI=1S/C27H34N2/c1-7-29(27-15-9-21(3)17-23(27)5)19-25-12-10-24(11-13-25)18-28(6)26-14-8-20(2)16-22(26)4/h8-17H,7,18-19H2,1-6H3. The second-order valence-corrected chi connectivity index (χ2v) is 8.27. The molecule has 2 heteroatoms. The molecule has 0 bridgehead atoms. The van der Waals surface area contributed by atoms with E-state index in [1.54, 1.807) is 0 Å². The van der Waals surface area contributed by atoms with Gasteiger partial charge in [0.2, 0.25) is 0 Å². The van der Waals surface area contributed by atoms with Crippen LogP contribution in [0.25, 0.3) is 0 Å². The van der Waals surface area contributed by atoms with Crippen molar-refractivity contribution >= 4 is 11.4 Å². The van der Waals surface area contributed by atoms with Gasteiger partial charge in [-0.2, -0.15) is 0 Å². The van der Waals surface area contributed by atoms with Gasteiger partial charge in [-0.15, -0.1) is 0 Å². The molecule has 29 heavy (non-hydrogen) atoms. The summed E-state index contributed by atoms with van der Waals surface area (Å²) in [7, 11) is 2.17. The van der Waals surface area contributed by atoms with Gasteiger partial charge in [0.25, 0.3) is 0 Å². The molecule has 0 fully saturated rings. The van der Waals surface area contributed by atoms with E-state index >= 15 is 0 Å². The van der Waals surface area contributed by atoms with Crippen LogP contribution in [-0.2, 0) is 13.1 Å². The summed E-state index contributed by atoms with van der Waals surface area (Å²) in [5.74, 6) is 0. The van der Waals surface area contributed by atoms with Crippen LogP contribution in [0.2, 0.25) is 0 Å². The molecule has 0 heterocycles. The molecule has 0 aliphatic rings. The van der Waals surface area contributed by atoms with Crippen LogP contribution in [0.4, 0.5) is 11.4 Å². The monoisotopic (exact) mass is 386 g/mol. The predicted molar refractivity (Wildman–Crippen MR) is 127 cm³/mol. The van der Waals surface area contributed by atoms with E-state index in [-0.39, 0.29) is 0 Å². The van der Waals surface area contributed by atoms with Gasteiger partial charge >= 0.3 is 0 Å². The topological polar surface area (TPSA) is 6.48 Å². The van der Waals surface area contributed by atoms with Gasteiger partial charge in [0.15, 0.2) is 0 Å². The zero-order chi connectivity index (χ0) is 21.0. The fourth-order valence-electron chi connectivity index (χ4n) is 4.09. The molecule has 0 aliphatic heterocycles. The van der Waals surface area contributed by atoms with E-state index in [0.29, 0.717) is 0 Å². The molecule has 0 amide bonds. The molecule has 0 radical (unpaired) electrons. The number of anilines is 2. The smallest absolute Gasteiger partial charge is 0.0429 e. The summed E-state index contributed by atoms with van der Waals surface area (Å²) < 4.78 is 0. The van der Waals surface area contributed by atoms with Gasteiger partial charge in [-0.05, 0) is 69.0 Å². The van der Waals surface area contributed by atoms with Crippen molar-refractivity contribution in [2.45, 2.75) is 47.7 Å². The Labute approximate surface area is 176 Å². The molecule has 0 saturated heterocycles. The third-order valence-corrected chi connectivity index (χ3v) is 5.65. The van der Waals surface area contributed by atoms with Crippen molar-refractivity contribution in [3.63, 3.8) is 0 Å². The summed E-state index contributed by atoms with van der Waals surface area (Å²) in [6.07, 6.45) is 0. The van der Waals surface area contributed by atoms with Crippen molar-refractivity contribution < 1.29 is 0 Å². The minimum atomic E-state index is 0.915. The molecule has 0 aliphatic carbocycles. The van der Waals surface area contributed by atoms with Crippen LogP contribution in [0.3, 0.4) is 0 Å². The molecule has 0 spiro atoms.